The maximum atomic E-state index is 13.0. The summed E-state index contributed by atoms with van der Waals surface area (Å²) in [6, 6.07) is 11.0. The molecular weight excluding hydrogens is 404 g/mol. The maximum absolute atomic E-state index is 13.0. The number of benzene rings is 1. The molecule has 1 atom stereocenters. The molecule has 1 aromatic carbocycles. The maximum Gasteiger partial charge on any atom is 0.259 e. The smallest absolute Gasteiger partial charge is 0.259 e. The lowest BCUT2D eigenvalue weighted by Crippen LogP contribution is -2.35. The van der Waals surface area contributed by atoms with Crippen molar-refractivity contribution in [3.63, 3.8) is 0 Å². The van der Waals surface area contributed by atoms with E-state index >= 15 is 0 Å². The summed E-state index contributed by atoms with van der Waals surface area (Å²) in [6.07, 6.45) is 1.83. The van der Waals surface area contributed by atoms with Gasteiger partial charge in [0.1, 0.15) is 11.5 Å². The van der Waals surface area contributed by atoms with Crippen LogP contribution in [-0.2, 0) is 10.3 Å². The van der Waals surface area contributed by atoms with Crippen molar-refractivity contribution in [2.45, 2.75) is 46.2 Å². The highest BCUT2D eigenvalue weighted by Gasteiger charge is 2.24. The minimum Gasteiger partial charge on any atom is -0.383 e. The molecule has 32 heavy (non-hydrogen) atoms. The van der Waals surface area contributed by atoms with Crippen molar-refractivity contribution >= 4 is 28.7 Å². The van der Waals surface area contributed by atoms with Crippen LogP contribution in [0.2, 0.25) is 0 Å². The lowest BCUT2D eigenvalue weighted by Gasteiger charge is -2.23. The second-order valence-electron chi connectivity index (χ2n) is 9.18. The molecule has 0 aliphatic rings. The lowest BCUT2D eigenvalue weighted by molar-refractivity contribution is 0.0906. The van der Waals surface area contributed by atoms with Gasteiger partial charge in [0.05, 0.1) is 12.2 Å². The number of ether oxygens (including phenoxy) is 1. The third-order valence-corrected chi connectivity index (χ3v) is 5.35. The Bertz CT molecular complexity index is 1130. The van der Waals surface area contributed by atoms with Gasteiger partial charge in [0, 0.05) is 42.9 Å². The SMILES string of the molecule is COC[C@@H](C)NC(=O)c1cn(C(C)(C)C)c2nc(N(C)C(=O)c3ccc(C)cc3)ccc12. The Morgan fingerprint density at radius 1 is 1.16 bits per heavy atom. The van der Waals surface area contributed by atoms with E-state index in [0.717, 1.165) is 10.9 Å². The highest BCUT2D eigenvalue weighted by molar-refractivity contribution is 6.08. The average molecular weight is 437 g/mol. The first kappa shape index (κ1) is 23.5. The van der Waals surface area contributed by atoms with Crippen molar-refractivity contribution in [3.05, 3.63) is 59.3 Å². The highest BCUT2D eigenvalue weighted by atomic mass is 16.5. The summed E-state index contributed by atoms with van der Waals surface area (Å²) in [5.74, 6) is 0.199. The number of carbonyl (C=O) groups is 2. The quantitative estimate of drug-likeness (QED) is 0.630. The molecule has 0 radical (unpaired) electrons. The Morgan fingerprint density at radius 3 is 2.41 bits per heavy atom. The number of hydrogen-bond acceptors (Lipinski definition) is 4. The van der Waals surface area contributed by atoms with Crippen LogP contribution in [0.25, 0.3) is 11.0 Å². The van der Waals surface area contributed by atoms with Crippen molar-refractivity contribution in [1.82, 2.24) is 14.9 Å². The molecule has 0 fully saturated rings. The summed E-state index contributed by atoms with van der Waals surface area (Å²) in [7, 11) is 3.31. The number of fused-ring (bicyclic) bond motifs is 1. The topological polar surface area (TPSA) is 76.5 Å². The van der Waals surface area contributed by atoms with Crippen LogP contribution in [0.4, 0.5) is 5.82 Å². The normalized spacial score (nSPS) is 12.6. The van der Waals surface area contributed by atoms with Gasteiger partial charge in [0.15, 0.2) is 0 Å². The minimum absolute atomic E-state index is 0.119. The number of pyridine rings is 1. The fourth-order valence-electron chi connectivity index (χ4n) is 3.56. The van der Waals surface area contributed by atoms with Gasteiger partial charge in [-0.25, -0.2) is 4.98 Å². The molecule has 2 aromatic heterocycles. The number of anilines is 1. The summed E-state index contributed by atoms with van der Waals surface area (Å²) in [6.45, 7) is 10.5. The van der Waals surface area contributed by atoms with Gasteiger partial charge in [-0.1, -0.05) is 17.7 Å². The van der Waals surface area contributed by atoms with Gasteiger partial charge < -0.3 is 14.6 Å². The fourth-order valence-corrected chi connectivity index (χ4v) is 3.56. The van der Waals surface area contributed by atoms with E-state index in [4.69, 9.17) is 9.72 Å². The predicted octanol–water partition coefficient (Wildman–Crippen LogP) is 4.14. The Morgan fingerprint density at radius 2 is 1.81 bits per heavy atom. The summed E-state index contributed by atoms with van der Waals surface area (Å²) >= 11 is 0. The van der Waals surface area contributed by atoms with Crippen molar-refractivity contribution in [1.29, 1.82) is 0 Å². The van der Waals surface area contributed by atoms with E-state index in [9.17, 15) is 9.59 Å². The molecule has 170 valence electrons. The number of nitrogens with zero attached hydrogens (tertiary/aromatic N) is 3. The molecule has 0 saturated heterocycles. The Balaban J connectivity index is 2.02. The van der Waals surface area contributed by atoms with Crippen LogP contribution in [-0.4, -0.2) is 48.2 Å². The molecule has 3 aromatic rings. The van der Waals surface area contributed by atoms with Gasteiger partial charge in [0.2, 0.25) is 0 Å². The molecule has 1 N–H and O–H groups in total. The molecule has 2 heterocycles. The Hall–Kier alpha value is -3.19. The molecule has 0 unspecified atom stereocenters. The Labute approximate surface area is 189 Å². The van der Waals surface area contributed by atoms with Crippen molar-refractivity contribution in [3.8, 4) is 0 Å². The summed E-state index contributed by atoms with van der Waals surface area (Å²) in [5.41, 5.74) is 2.59. The number of rotatable bonds is 6. The van der Waals surface area contributed by atoms with Gasteiger partial charge in [-0.3, -0.25) is 14.5 Å². The molecule has 7 heteroatoms. The zero-order valence-corrected chi connectivity index (χ0v) is 19.9. The van der Waals surface area contributed by atoms with E-state index in [1.165, 1.54) is 4.90 Å². The third-order valence-electron chi connectivity index (χ3n) is 5.35. The molecular formula is C25H32N4O3. The van der Waals surface area contributed by atoms with E-state index in [2.05, 4.69) is 26.1 Å². The van der Waals surface area contributed by atoms with Gasteiger partial charge in [-0.15, -0.1) is 0 Å². The van der Waals surface area contributed by atoms with Crippen LogP contribution >= 0.6 is 0 Å². The number of methoxy groups -OCH3 is 1. The molecule has 0 aliphatic heterocycles. The van der Waals surface area contributed by atoms with E-state index in [-0.39, 0.29) is 23.4 Å². The summed E-state index contributed by atoms with van der Waals surface area (Å²) < 4.78 is 7.10. The summed E-state index contributed by atoms with van der Waals surface area (Å²) in [4.78, 5) is 32.2. The molecule has 3 rings (SSSR count). The number of aromatic nitrogens is 2. The minimum atomic E-state index is -0.305. The molecule has 0 spiro atoms. The van der Waals surface area contributed by atoms with Gasteiger partial charge in [-0.2, -0.15) is 0 Å². The molecule has 2 amide bonds. The van der Waals surface area contributed by atoms with Gasteiger partial charge >= 0.3 is 0 Å². The van der Waals surface area contributed by atoms with Crippen molar-refractivity contribution < 1.29 is 14.3 Å². The standard InChI is InChI=1S/C25H32N4O3/c1-16-8-10-18(11-9-16)24(31)28(6)21-13-12-19-20(23(30)26-17(2)15-32-7)14-29(22(19)27-21)25(3,4)5/h8-14,17H,15H2,1-7H3,(H,26,30)/t17-/m1/s1. The van der Waals surface area contributed by atoms with Crippen LogP contribution in [0.1, 0.15) is 54.0 Å². The van der Waals surface area contributed by atoms with Gasteiger partial charge in [0.25, 0.3) is 11.8 Å². The lowest BCUT2D eigenvalue weighted by atomic mass is 10.1. The van der Waals surface area contributed by atoms with Crippen LogP contribution < -0.4 is 10.2 Å². The van der Waals surface area contributed by atoms with E-state index < -0.39 is 0 Å². The van der Waals surface area contributed by atoms with E-state index in [0.29, 0.717) is 29.2 Å². The third kappa shape index (κ3) is 4.83. The van der Waals surface area contributed by atoms with Crippen molar-refractivity contribution in [2.75, 3.05) is 25.7 Å². The fraction of sp³-hybridized carbons (Fsp3) is 0.400. The first-order valence-corrected chi connectivity index (χ1v) is 10.7. The monoisotopic (exact) mass is 436 g/mol. The zero-order valence-electron chi connectivity index (χ0n) is 19.9. The largest absolute Gasteiger partial charge is 0.383 e. The van der Waals surface area contributed by atoms with Gasteiger partial charge in [-0.05, 0) is 58.9 Å². The van der Waals surface area contributed by atoms with Crippen LogP contribution in [0.15, 0.2) is 42.6 Å². The van der Waals surface area contributed by atoms with Crippen molar-refractivity contribution in [2.24, 2.45) is 0 Å². The molecule has 0 saturated carbocycles. The average Bonchev–Trinajstić information content (AvgIpc) is 3.13. The predicted molar refractivity (Wildman–Crippen MR) is 127 cm³/mol. The van der Waals surface area contributed by atoms with Crippen LogP contribution in [0.3, 0.4) is 0 Å². The summed E-state index contributed by atoms with van der Waals surface area (Å²) in [5, 5.41) is 3.70. The second-order valence-corrected chi connectivity index (χ2v) is 9.18. The molecule has 7 nitrogen and oxygen atoms in total. The number of hydrogen-bond donors (Lipinski definition) is 1. The number of amides is 2. The molecule has 0 bridgehead atoms. The van der Waals surface area contributed by atoms with Crippen LogP contribution in [0, 0.1) is 6.92 Å². The van der Waals surface area contributed by atoms with E-state index in [1.807, 2.05) is 54.9 Å². The Kier molecular flexibility index (Phi) is 6.69. The first-order chi connectivity index (χ1) is 15.0. The molecule has 0 aliphatic carbocycles. The first-order valence-electron chi connectivity index (χ1n) is 10.7. The number of carbonyl (C=O) groups excluding carboxylic acids is 2. The van der Waals surface area contributed by atoms with E-state index in [1.54, 1.807) is 20.2 Å². The highest BCUT2D eigenvalue weighted by Crippen LogP contribution is 2.29. The van der Waals surface area contributed by atoms with Crippen LogP contribution in [0.5, 0.6) is 0 Å². The number of aryl methyl sites for hydroxylation is 1. The second kappa shape index (κ2) is 9.12. The zero-order chi connectivity index (χ0) is 23.6. The number of nitrogens with one attached hydrogen (secondary N) is 1.